The molecule has 136 valence electrons. The van der Waals surface area contributed by atoms with Gasteiger partial charge in [-0.25, -0.2) is 9.07 Å². The summed E-state index contributed by atoms with van der Waals surface area (Å²) >= 11 is 0. The van der Waals surface area contributed by atoms with Gasteiger partial charge < -0.3 is 10.1 Å². The summed E-state index contributed by atoms with van der Waals surface area (Å²) in [7, 11) is 0. The van der Waals surface area contributed by atoms with Gasteiger partial charge in [-0.3, -0.25) is 9.78 Å². The molecule has 3 heterocycles. The van der Waals surface area contributed by atoms with E-state index in [0.29, 0.717) is 41.3 Å². The summed E-state index contributed by atoms with van der Waals surface area (Å²) in [6, 6.07) is 4.23. The molecule has 1 atom stereocenters. The van der Waals surface area contributed by atoms with E-state index < -0.39 is 0 Å². The summed E-state index contributed by atoms with van der Waals surface area (Å²) in [5.41, 5.74) is 0.645. The van der Waals surface area contributed by atoms with Gasteiger partial charge in [-0.2, -0.15) is 10.1 Å². The molecular formula is C18H20FN5O2. The SMILES string of the molecule is CC(C)(C)n1ncc2c(=O)[nH]c(NC3CCOc4ccc(F)cc43)nc21. The van der Waals surface area contributed by atoms with Gasteiger partial charge >= 0.3 is 0 Å². The number of nitrogens with one attached hydrogen (secondary N) is 2. The fraction of sp³-hybridized carbons (Fsp3) is 0.389. The molecule has 1 aliphatic rings. The van der Waals surface area contributed by atoms with E-state index in [2.05, 4.69) is 20.4 Å². The first-order valence-electron chi connectivity index (χ1n) is 8.50. The van der Waals surface area contributed by atoms with Crippen LogP contribution in [0.15, 0.2) is 29.2 Å². The molecule has 0 fully saturated rings. The molecule has 2 N–H and O–H groups in total. The first-order chi connectivity index (χ1) is 12.3. The fourth-order valence-corrected chi connectivity index (χ4v) is 3.16. The molecule has 0 radical (unpaired) electrons. The predicted octanol–water partition coefficient (Wildman–Crippen LogP) is 2.95. The van der Waals surface area contributed by atoms with E-state index in [1.165, 1.54) is 18.3 Å². The molecule has 1 aromatic carbocycles. The molecule has 0 bridgehead atoms. The molecule has 0 amide bonds. The van der Waals surface area contributed by atoms with Crippen LogP contribution in [0.25, 0.3) is 11.0 Å². The average molecular weight is 357 g/mol. The third-order valence-corrected chi connectivity index (χ3v) is 4.40. The van der Waals surface area contributed by atoms with Crippen molar-refractivity contribution in [1.82, 2.24) is 19.7 Å². The Balaban J connectivity index is 1.75. The van der Waals surface area contributed by atoms with E-state index in [4.69, 9.17) is 4.74 Å². The Morgan fingerprint density at radius 3 is 2.96 bits per heavy atom. The van der Waals surface area contributed by atoms with Crippen molar-refractivity contribution in [1.29, 1.82) is 0 Å². The minimum Gasteiger partial charge on any atom is -0.493 e. The Labute approximate surface area is 149 Å². The Kier molecular flexibility index (Phi) is 3.71. The smallest absolute Gasteiger partial charge is 0.263 e. The van der Waals surface area contributed by atoms with Gasteiger partial charge in [-0.1, -0.05) is 0 Å². The maximum atomic E-state index is 13.7. The lowest BCUT2D eigenvalue weighted by Crippen LogP contribution is -2.25. The van der Waals surface area contributed by atoms with E-state index in [1.54, 1.807) is 10.7 Å². The van der Waals surface area contributed by atoms with Crippen molar-refractivity contribution in [2.75, 3.05) is 11.9 Å². The van der Waals surface area contributed by atoms with Gasteiger partial charge in [-0.05, 0) is 39.0 Å². The number of anilines is 1. The Morgan fingerprint density at radius 1 is 1.38 bits per heavy atom. The maximum Gasteiger partial charge on any atom is 0.263 e. The van der Waals surface area contributed by atoms with Crippen LogP contribution in [0.1, 0.15) is 38.8 Å². The number of fused-ring (bicyclic) bond motifs is 2. The second-order valence-electron chi connectivity index (χ2n) is 7.40. The molecule has 0 aliphatic carbocycles. The molecule has 8 heteroatoms. The van der Waals surface area contributed by atoms with Crippen LogP contribution in [-0.2, 0) is 5.54 Å². The third kappa shape index (κ3) is 2.81. The van der Waals surface area contributed by atoms with Gasteiger partial charge in [0.25, 0.3) is 5.56 Å². The van der Waals surface area contributed by atoms with E-state index in [9.17, 15) is 9.18 Å². The lowest BCUT2D eigenvalue weighted by Gasteiger charge is -2.27. The number of benzene rings is 1. The predicted molar refractivity (Wildman–Crippen MR) is 96.0 cm³/mol. The summed E-state index contributed by atoms with van der Waals surface area (Å²) in [5.74, 6) is 0.637. The van der Waals surface area contributed by atoms with Gasteiger partial charge in [0.1, 0.15) is 17.0 Å². The molecule has 2 aromatic heterocycles. The Bertz CT molecular complexity index is 1030. The molecule has 26 heavy (non-hydrogen) atoms. The van der Waals surface area contributed by atoms with Gasteiger partial charge in [0.15, 0.2) is 5.65 Å². The van der Waals surface area contributed by atoms with Crippen LogP contribution in [0, 0.1) is 5.82 Å². The summed E-state index contributed by atoms with van der Waals surface area (Å²) < 4.78 is 21.0. The highest BCUT2D eigenvalue weighted by molar-refractivity contribution is 5.74. The van der Waals surface area contributed by atoms with Crippen molar-refractivity contribution in [3.8, 4) is 5.75 Å². The molecule has 0 saturated carbocycles. The summed E-state index contributed by atoms with van der Waals surface area (Å²) in [6.07, 6.45) is 2.16. The molecule has 4 rings (SSSR count). The van der Waals surface area contributed by atoms with Gasteiger partial charge in [0.05, 0.1) is 24.4 Å². The summed E-state index contributed by atoms with van der Waals surface area (Å²) in [5, 5.41) is 7.95. The van der Waals surface area contributed by atoms with Crippen molar-refractivity contribution < 1.29 is 9.13 Å². The van der Waals surface area contributed by atoms with Crippen LogP contribution in [0.2, 0.25) is 0 Å². The van der Waals surface area contributed by atoms with Crippen LogP contribution < -0.4 is 15.6 Å². The van der Waals surface area contributed by atoms with Crippen LogP contribution in [-0.4, -0.2) is 26.4 Å². The number of H-pyrrole nitrogens is 1. The molecular weight excluding hydrogens is 337 g/mol. The zero-order valence-electron chi connectivity index (χ0n) is 14.8. The highest BCUT2D eigenvalue weighted by Crippen LogP contribution is 2.34. The number of ether oxygens (including phenoxy) is 1. The van der Waals surface area contributed by atoms with Gasteiger partial charge in [0.2, 0.25) is 5.95 Å². The molecule has 7 nitrogen and oxygen atoms in total. The lowest BCUT2D eigenvalue weighted by atomic mass is 10.0. The largest absolute Gasteiger partial charge is 0.493 e. The molecule has 1 aliphatic heterocycles. The number of rotatable bonds is 2. The van der Waals surface area contributed by atoms with Crippen molar-refractivity contribution >= 4 is 17.0 Å². The van der Waals surface area contributed by atoms with Crippen LogP contribution >= 0.6 is 0 Å². The molecule has 3 aromatic rings. The zero-order valence-corrected chi connectivity index (χ0v) is 14.8. The normalized spacial score (nSPS) is 17.0. The van der Waals surface area contributed by atoms with Crippen LogP contribution in [0.4, 0.5) is 10.3 Å². The highest BCUT2D eigenvalue weighted by atomic mass is 19.1. The lowest BCUT2D eigenvalue weighted by molar-refractivity contribution is 0.273. The van der Waals surface area contributed by atoms with Crippen molar-refractivity contribution in [3.05, 3.63) is 46.1 Å². The monoisotopic (exact) mass is 357 g/mol. The van der Waals surface area contributed by atoms with Crippen molar-refractivity contribution in [2.24, 2.45) is 0 Å². The standard InChI is InChI=1S/C18H20FN5O2/c1-18(2,3)24-15-12(9-20-24)16(25)23-17(22-15)21-13-6-7-26-14-5-4-10(19)8-11(13)14/h4-5,8-9,13H,6-7H2,1-3H3,(H2,21,22,23,25). The van der Waals surface area contributed by atoms with E-state index in [-0.39, 0.29) is 23.0 Å². The van der Waals surface area contributed by atoms with Gasteiger partial charge in [0, 0.05) is 12.0 Å². The molecule has 0 spiro atoms. The maximum absolute atomic E-state index is 13.7. The molecule has 1 unspecified atom stereocenters. The van der Waals surface area contributed by atoms with Gasteiger partial charge in [-0.15, -0.1) is 0 Å². The fourth-order valence-electron chi connectivity index (χ4n) is 3.16. The van der Waals surface area contributed by atoms with Crippen molar-refractivity contribution in [3.63, 3.8) is 0 Å². The Hall–Kier alpha value is -2.90. The highest BCUT2D eigenvalue weighted by Gasteiger charge is 2.24. The average Bonchev–Trinajstić information content (AvgIpc) is 3.00. The number of halogens is 1. The van der Waals surface area contributed by atoms with Crippen LogP contribution in [0.3, 0.4) is 0 Å². The van der Waals surface area contributed by atoms with E-state index in [0.717, 1.165) is 0 Å². The Morgan fingerprint density at radius 2 is 2.19 bits per heavy atom. The second-order valence-corrected chi connectivity index (χ2v) is 7.40. The van der Waals surface area contributed by atoms with E-state index in [1.807, 2.05) is 20.8 Å². The minimum absolute atomic E-state index is 0.207. The summed E-state index contributed by atoms with van der Waals surface area (Å²) in [6.45, 7) is 6.48. The number of hydrogen-bond acceptors (Lipinski definition) is 5. The second kappa shape index (κ2) is 5.82. The first-order valence-corrected chi connectivity index (χ1v) is 8.50. The summed E-state index contributed by atoms with van der Waals surface area (Å²) in [4.78, 5) is 19.7. The number of aromatic nitrogens is 4. The molecule has 0 saturated heterocycles. The minimum atomic E-state index is -0.330. The third-order valence-electron chi connectivity index (χ3n) is 4.40. The quantitative estimate of drug-likeness (QED) is 0.737. The van der Waals surface area contributed by atoms with E-state index >= 15 is 0 Å². The number of nitrogens with zero attached hydrogens (tertiary/aromatic N) is 3. The number of aromatic amines is 1. The first kappa shape index (κ1) is 16.6. The topological polar surface area (TPSA) is 84.8 Å². The number of hydrogen-bond donors (Lipinski definition) is 2. The van der Waals surface area contributed by atoms with Crippen LogP contribution in [0.5, 0.6) is 5.75 Å². The van der Waals surface area contributed by atoms with Crippen molar-refractivity contribution in [2.45, 2.75) is 38.8 Å². The zero-order chi connectivity index (χ0) is 18.5.